The van der Waals surface area contributed by atoms with Gasteiger partial charge in [0.05, 0.1) is 5.56 Å². The van der Waals surface area contributed by atoms with Crippen LogP contribution in [-0.4, -0.2) is 41.0 Å². The van der Waals surface area contributed by atoms with Crippen molar-refractivity contribution in [1.82, 2.24) is 20.3 Å². The van der Waals surface area contributed by atoms with Gasteiger partial charge in [0, 0.05) is 43.7 Å². The first-order valence-electron chi connectivity index (χ1n) is 11.6. The van der Waals surface area contributed by atoms with Gasteiger partial charge in [-0.2, -0.15) is 28.1 Å². The second-order valence-corrected chi connectivity index (χ2v) is 9.09. The van der Waals surface area contributed by atoms with Gasteiger partial charge in [-0.15, -0.1) is 0 Å². The molecule has 0 bridgehead atoms. The molecule has 1 aromatic heterocycles. The Morgan fingerprint density at radius 3 is 2.53 bits per heavy atom. The third-order valence-electron chi connectivity index (χ3n) is 6.05. The van der Waals surface area contributed by atoms with Crippen molar-refractivity contribution in [3.63, 3.8) is 0 Å². The number of carbonyl (C=O) groups excluding carboxylic acids is 1. The summed E-state index contributed by atoms with van der Waals surface area (Å²) in [6.45, 7) is 1.41. The largest absolute Gasteiger partial charge is 0.416 e. The van der Waals surface area contributed by atoms with Crippen molar-refractivity contribution in [3.8, 4) is 11.4 Å². The lowest BCUT2D eigenvalue weighted by Gasteiger charge is -2.32. The summed E-state index contributed by atoms with van der Waals surface area (Å²) in [5, 5.41) is 6.30. The number of nitrogens with one attached hydrogen (secondary N) is 2. The topological polar surface area (TPSA) is 83.0 Å². The van der Waals surface area contributed by atoms with Gasteiger partial charge < -0.3 is 15.5 Å². The Morgan fingerprint density at radius 2 is 1.83 bits per heavy atom. The number of carbonyl (C=O) groups is 1. The van der Waals surface area contributed by atoms with Crippen LogP contribution in [0, 0.1) is 5.92 Å². The quantitative estimate of drug-likeness (QED) is 0.449. The van der Waals surface area contributed by atoms with Gasteiger partial charge in [-0.1, -0.05) is 35.9 Å². The lowest BCUT2D eigenvalue weighted by molar-refractivity contribution is -0.137. The number of piperidine rings is 1. The van der Waals surface area contributed by atoms with Crippen LogP contribution >= 0.6 is 11.6 Å². The molecule has 190 valence electrons. The Balaban J connectivity index is 1.32. The molecule has 11 heteroatoms. The highest BCUT2D eigenvalue weighted by Crippen LogP contribution is 2.30. The van der Waals surface area contributed by atoms with Crippen LogP contribution in [0.1, 0.15) is 30.4 Å². The lowest BCUT2D eigenvalue weighted by Crippen LogP contribution is -2.37. The van der Waals surface area contributed by atoms with Gasteiger partial charge in [0.1, 0.15) is 0 Å². The number of halogens is 4. The summed E-state index contributed by atoms with van der Waals surface area (Å²) in [5.74, 6) is 1.51. The maximum absolute atomic E-state index is 12.9. The van der Waals surface area contributed by atoms with E-state index in [1.54, 1.807) is 25.2 Å². The fourth-order valence-electron chi connectivity index (χ4n) is 4.10. The highest BCUT2D eigenvalue weighted by molar-refractivity contribution is 6.30. The minimum Gasteiger partial charge on any atom is -0.357 e. The molecule has 2 N–H and O–H groups in total. The number of hydrogen-bond acceptors (Lipinski definition) is 6. The van der Waals surface area contributed by atoms with Crippen LogP contribution in [0.15, 0.2) is 48.5 Å². The van der Waals surface area contributed by atoms with Crippen molar-refractivity contribution >= 4 is 29.4 Å². The molecule has 0 aliphatic carbocycles. The van der Waals surface area contributed by atoms with E-state index in [9.17, 15) is 18.0 Å². The lowest BCUT2D eigenvalue weighted by atomic mass is 9.93. The standard InChI is InChI=1S/C25H26ClF3N6O/c1-30-23-32-22(18-5-3-7-20(26)14-18)33-24(34-23)35-10-8-16(9-11-35)13-21(36)31-15-17-4-2-6-19(12-17)25(27,28)29/h2-7,12,14,16H,8-11,13,15H2,1H3,(H,31,36)(H,30,32,33,34). The molecule has 36 heavy (non-hydrogen) atoms. The Labute approximate surface area is 212 Å². The highest BCUT2D eigenvalue weighted by atomic mass is 35.5. The summed E-state index contributed by atoms with van der Waals surface area (Å²) >= 11 is 6.12. The summed E-state index contributed by atoms with van der Waals surface area (Å²) in [6, 6.07) is 12.3. The first-order chi connectivity index (χ1) is 17.2. The number of rotatable bonds is 7. The van der Waals surface area contributed by atoms with Gasteiger partial charge in [0.2, 0.25) is 17.8 Å². The average Bonchev–Trinajstić information content (AvgIpc) is 2.87. The molecule has 0 atom stereocenters. The summed E-state index contributed by atoms with van der Waals surface area (Å²) in [7, 11) is 1.74. The Hall–Kier alpha value is -3.40. The van der Waals surface area contributed by atoms with Crippen molar-refractivity contribution in [3.05, 3.63) is 64.7 Å². The van der Waals surface area contributed by atoms with E-state index < -0.39 is 11.7 Å². The van der Waals surface area contributed by atoms with Crippen molar-refractivity contribution in [1.29, 1.82) is 0 Å². The molecule has 0 unspecified atom stereocenters. The smallest absolute Gasteiger partial charge is 0.357 e. The zero-order valence-corrected chi connectivity index (χ0v) is 20.4. The number of amides is 1. The van der Waals surface area contributed by atoms with Crippen LogP contribution in [0.5, 0.6) is 0 Å². The fraction of sp³-hybridized carbons (Fsp3) is 0.360. The molecule has 1 aliphatic rings. The number of hydrogen-bond donors (Lipinski definition) is 2. The Kier molecular flexibility index (Phi) is 7.93. The van der Waals surface area contributed by atoms with Gasteiger partial charge in [0.25, 0.3) is 0 Å². The van der Waals surface area contributed by atoms with E-state index in [0.717, 1.165) is 30.5 Å². The molecule has 2 heterocycles. The van der Waals surface area contributed by atoms with E-state index in [-0.39, 0.29) is 18.4 Å². The molecular weight excluding hydrogens is 493 g/mol. The minimum absolute atomic E-state index is 0.0610. The number of alkyl halides is 3. The summed E-state index contributed by atoms with van der Waals surface area (Å²) in [4.78, 5) is 28.1. The van der Waals surface area contributed by atoms with Crippen molar-refractivity contribution < 1.29 is 18.0 Å². The zero-order chi connectivity index (χ0) is 25.7. The second-order valence-electron chi connectivity index (χ2n) is 8.65. The van der Waals surface area contributed by atoms with Crippen LogP contribution in [0.25, 0.3) is 11.4 Å². The highest BCUT2D eigenvalue weighted by Gasteiger charge is 2.30. The monoisotopic (exact) mass is 518 g/mol. The average molecular weight is 519 g/mol. The van der Waals surface area contributed by atoms with Crippen LogP contribution in [0.3, 0.4) is 0 Å². The fourth-order valence-corrected chi connectivity index (χ4v) is 4.29. The summed E-state index contributed by atoms with van der Waals surface area (Å²) in [6.07, 6.45) is -2.55. The maximum Gasteiger partial charge on any atom is 0.416 e. The van der Waals surface area contributed by atoms with Crippen molar-refractivity contribution in [2.45, 2.75) is 32.0 Å². The normalized spacial score (nSPS) is 14.5. The molecule has 0 spiro atoms. The first kappa shape index (κ1) is 25.7. The number of nitrogens with zero attached hydrogens (tertiary/aromatic N) is 4. The summed E-state index contributed by atoms with van der Waals surface area (Å²) < 4.78 is 38.7. The predicted molar refractivity (Wildman–Crippen MR) is 133 cm³/mol. The molecule has 4 rings (SSSR count). The molecule has 3 aromatic rings. The Bertz CT molecular complexity index is 1210. The van der Waals surface area contributed by atoms with Gasteiger partial charge in [0.15, 0.2) is 5.82 Å². The molecule has 1 saturated heterocycles. The minimum atomic E-state index is -4.41. The van der Waals surface area contributed by atoms with E-state index in [4.69, 9.17) is 11.6 Å². The molecule has 0 radical (unpaired) electrons. The third kappa shape index (κ3) is 6.63. The third-order valence-corrected chi connectivity index (χ3v) is 6.28. The number of benzene rings is 2. The number of anilines is 2. The van der Waals surface area contributed by atoms with Gasteiger partial charge >= 0.3 is 6.18 Å². The van der Waals surface area contributed by atoms with Crippen LogP contribution in [-0.2, 0) is 17.5 Å². The van der Waals surface area contributed by atoms with Crippen LogP contribution in [0.4, 0.5) is 25.1 Å². The molecule has 2 aromatic carbocycles. The zero-order valence-electron chi connectivity index (χ0n) is 19.6. The van der Waals surface area contributed by atoms with E-state index in [1.807, 2.05) is 12.1 Å². The second kappa shape index (κ2) is 11.1. The molecule has 1 aliphatic heterocycles. The molecular formula is C25H26ClF3N6O. The SMILES string of the molecule is CNc1nc(-c2cccc(Cl)c2)nc(N2CCC(CC(=O)NCc3cccc(C(F)(F)F)c3)CC2)n1. The number of aromatic nitrogens is 3. The first-order valence-corrected chi connectivity index (χ1v) is 12.0. The van der Waals surface area contributed by atoms with Gasteiger partial charge in [-0.25, -0.2) is 0 Å². The predicted octanol–water partition coefficient (Wildman–Crippen LogP) is 5.18. The maximum atomic E-state index is 12.9. The molecule has 0 saturated carbocycles. The molecule has 1 fully saturated rings. The Morgan fingerprint density at radius 1 is 1.08 bits per heavy atom. The van der Waals surface area contributed by atoms with Crippen molar-refractivity contribution in [2.75, 3.05) is 30.4 Å². The summed E-state index contributed by atoms with van der Waals surface area (Å²) in [5.41, 5.74) is 0.480. The van der Waals surface area contributed by atoms with Gasteiger partial charge in [-0.3, -0.25) is 4.79 Å². The van der Waals surface area contributed by atoms with Crippen LogP contribution < -0.4 is 15.5 Å². The van der Waals surface area contributed by atoms with Crippen molar-refractivity contribution in [2.24, 2.45) is 5.92 Å². The van der Waals surface area contributed by atoms with E-state index in [2.05, 4.69) is 30.5 Å². The van der Waals surface area contributed by atoms with E-state index in [1.165, 1.54) is 6.07 Å². The molecule has 1 amide bonds. The van der Waals surface area contributed by atoms with Crippen LogP contribution in [0.2, 0.25) is 5.02 Å². The van der Waals surface area contributed by atoms with Gasteiger partial charge in [-0.05, 0) is 48.6 Å². The van der Waals surface area contributed by atoms with E-state index in [0.29, 0.717) is 47.8 Å². The molecule has 7 nitrogen and oxygen atoms in total. The van der Waals surface area contributed by atoms with E-state index >= 15 is 0 Å².